The highest BCUT2D eigenvalue weighted by Gasteiger charge is 2.43. The number of halogens is 2. The van der Waals surface area contributed by atoms with Crippen molar-refractivity contribution in [2.45, 2.75) is 71.1 Å². The van der Waals surface area contributed by atoms with Crippen LogP contribution in [0.25, 0.3) is 0 Å². The molecule has 1 aliphatic heterocycles. The summed E-state index contributed by atoms with van der Waals surface area (Å²) < 4.78 is 25.9. The predicted molar refractivity (Wildman–Crippen MR) is 122 cm³/mol. The highest BCUT2D eigenvalue weighted by Crippen LogP contribution is 2.29. The van der Waals surface area contributed by atoms with Crippen LogP contribution >= 0.6 is 23.2 Å². The molecular weight excluding hydrogens is 447 g/mol. The van der Waals surface area contributed by atoms with Crippen LogP contribution in [0, 0.1) is 0 Å². The van der Waals surface area contributed by atoms with Gasteiger partial charge in [-0.05, 0) is 24.6 Å². The predicted octanol–water partition coefficient (Wildman–Crippen LogP) is 6.01. The van der Waals surface area contributed by atoms with E-state index in [1.807, 2.05) is 0 Å². The van der Waals surface area contributed by atoms with Crippen LogP contribution in [-0.4, -0.2) is 37.0 Å². The SMILES string of the molecule is CCCCCCCCCCCCS(=O)(=O)N1CC(=O)N(c2cc(Cl)cc(Cl)c2)C1=O. The van der Waals surface area contributed by atoms with E-state index in [2.05, 4.69) is 6.92 Å². The Hall–Kier alpha value is -1.31. The Bertz CT molecular complexity index is 825. The standard InChI is InChI=1S/C21H30Cl2N2O4S/c1-2-3-4-5-6-7-8-9-10-11-12-30(28,29)24-16-20(26)25(21(24)27)19-14-17(22)13-18(23)15-19/h13-15H,2-12,16H2,1H3. The van der Waals surface area contributed by atoms with Crippen molar-refractivity contribution in [1.82, 2.24) is 4.31 Å². The first kappa shape index (κ1) is 25.0. The number of carbonyl (C=O) groups is 2. The lowest BCUT2D eigenvalue weighted by Crippen LogP contribution is -2.37. The van der Waals surface area contributed by atoms with Crippen LogP contribution < -0.4 is 4.90 Å². The normalized spacial score (nSPS) is 14.8. The van der Waals surface area contributed by atoms with E-state index in [4.69, 9.17) is 23.2 Å². The number of imide groups is 1. The molecule has 30 heavy (non-hydrogen) atoms. The molecule has 3 amide bonds. The van der Waals surface area contributed by atoms with Gasteiger partial charge in [0.1, 0.15) is 6.54 Å². The van der Waals surface area contributed by atoms with Crippen LogP contribution in [0.1, 0.15) is 71.1 Å². The Kier molecular flexibility index (Phi) is 9.91. The second-order valence-corrected chi connectivity index (χ2v) is 10.5. The highest BCUT2D eigenvalue weighted by atomic mass is 35.5. The second-order valence-electron chi connectivity index (χ2n) is 7.64. The molecule has 0 N–H and O–H groups in total. The van der Waals surface area contributed by atoms with Gasteiger partial charge in [0.05, 0.1) is 11.4 Å². The third-order valence-electron chi connectivity index (χ3n) is 5.13. The summed E-state index contributed by atoms with van der Waals surface area (Å²) in [5.41, 5.74) is 0.166. The number of rotatable bonds is 13. The van der Waals surface area contributed by atoms with Crippen molar-refractivity contribution in [1.29, 1.82) is 0 Å². The van der Waals surface area contributed by atoms with Gasteiger partial charge in [0.2, 0.25) is 10.0 Å². The van der Waals surface area contributed by atoms with E-state index in [1.165, 1.54) is 56.7 Å². The number of hydrogen-bond acceptors (Lipinski definition) is 4. The summed E-state index contributed by atoms with van der Waals surface area (Å²) in [7, 11) is -3.86. The smallest absolute Gasteiger partial charge is 0.272 e. The summed E-state index contributed by atoms with van der Waals surface area (Å²) in [6.45, 7) is 1.70. The van der Waals surface area contributed by atoms with Gasteiger partial charge in [-0.15, -0.1) is 0 Å². The molecule has 1 aromatic rings. The minimum Gasteiger partial charge on any atom is -0.272 e. The largest absolute Gasteiger partial charge is 0.345 e. The maximum absolute atomic E-state index is 12.6. The molecule has 9 heteroatoms. The molecule has 1 heterocycles. The molecule has 0 aliphatic carbocycles. The molecule has 1 saturated heterocycles. The van der Waals surface area contributed by atoms with Gasteiger partial charge in [-0.25, -0.2) is 22.4 Å². The van der Waals surface area contributed by atoms with Crippen molar-refractivity contribution in [2.24, 2.45) is 0 Å². The topological polar surface area (TPSA) is 74.8 Å². The Labute approximate surface area is 189 Å². The molecule has 0 spiro atoms. The van der Waals surface area contributed by atoms with Crippen LogP contribution in [0.3, 0.4) is 0 Å². The van der Waals surface area contributed by atoms with E-state index >= 15 is 0 Å². The van der Waals surface area contributed by atoms with Crippen LogP contribution in [0.15, 0.2) is 18.2 Å². The third kappa shape index (κ3) is 7.13. The summed E-state index contributed by atoms with van der Waals surface area (Å²) in [6.07, 6.45) is 10.8. The number of anilines is 1. The van der Waals surface area contributed by atoms with E-state index in [0.29, 0.717) is 10.7 Å². The Morgan fingerprint density at radius 1 is 0.833 bits per heavy atom. The van der Waals surface area contributed by atoms with E-state index in [-0.39, 0.29) is 21.5 Å². The van der Waals surface area contributed by atoms with Crippen molar-refractivity contribution in [3.63, 3.8) is 0 Å². The second kappa shape index (κ2) is 11.9. The minimum absolute atomic E-state index is 0.146. The zero-order valence-corrected chi connectivity index (χ0v) is 19.7. The van der Waals surface area contributed by atoms with Gasteiger partial charge in [0.15, 0.2) is 0 Å². The summed E-state index contributed by atoms with van der Waals surface area (Å²) >= 11 is 11.9. The summed E-state index contributed by atoms with van der Waals surface area (Å²) in [5.74, 6) is -0.767. The molecule has 1 aromatic carbocycles. The first-order valence-electron chi connectivity index (χ1n) is 10.6. The van der Waals surface area contributed by atoms with Gasteiger partial charge in [0, 0.05) is 10.0 Å². The molecule has 0 atom stereocenters. The van der Waals surface area contributed by atoms with Gasteiger partial charge in [-0.2, -0.15) is 0 Å². The molecule has 0 saturated carbocycles. The maximum Gasteiger partial charge on any atom is 0.345 e. The fourth-order valence-corrected chi connectivity index (χ4v) is 5.43. The number of carbonyl (C=O) groups excluding carboxylic acids is 2. The molecule has 0 bridgehead atoms. The molecular formula is C21H30Cl2N2O4S. The third-order valence-corrected chi connectivity index (χ3v) is 7.33. The van der Waals surface area contributed by atoms with Gasteiger partial charge in [-0.1, -0.05) is 87.9 Å². The van der Waals surface area contributed by atoms with Crippen LogP contribution in [0.2, 0.25) is 10.0 Å². The van der Waals surface area contributed by atoms with E-state index in [0.717, 1.165) is 24.2 Å². The summed E-state index contributed by atoms with van der Waals surface area (Å²) in [6, 6.07) is 3.39. The molecule has 0 unspecified atom stereocenters. The first-order valence-corrected chi connectivity index (χ1v) is 13.0. The molecule has 1 fully saturated rings. The number of unbranched alkanes of at least 4 members (excludes halogenated alkanes) is 9. The number of amides is 3. The quantitative estimate of drug-likeness (QED) is 0.258. The molecule has 0 aromatic heterocycles. The fraction of sp³-hybridized carbons (Fsp3) is 0.619. The van der Waals surface area contributed by atoms with Gasteiger partial charge >= 0.3 is 6.03 Å². The monoisotopic (exact) mass is 476 g/mol. The Morgan fingerprint density at radius 3 is 1.87 bits per heavy atom. The zero-order valence-electron chi connectivity index (χ0n) is 17.4. The molecule has 168 valence electrons. The summed E-state index contributed by atoms with van der Waals surface area (Å²) in [5, 5.41) is 0.509. The lowest BCUT2D eigenvalue weighted by atomic mass is 10.1. The average molecular weight is 477 g/mol. The highest BCUT2D eigenvalue weighted by molar-refractivity contribution is 7.89. The van der Waals surface area contributed by atoms with Crippen molar-refractivity contribution in [3.05, 3.63) is 28.2 Å². The van der Waals surface area contributed by atoms with Crippen molar-refractivity contribution in [3.8, 4) is 0 Å². The van der Waals surface area contributed by atoms with Crippen LogP contribution in [0.5, 0.6) is 0 Å². The van der Waals surface area contributed by atoms with Gasteiger partial charge < -0.3 is 0 Å². The van der Waals surface area contributed by atoms with E-state index < -0.39 is 28.5 Å². The van der Waals surface area contributed by atoms with Crippen molar-refractivity contribution in [2.75, 3.05) is 17.2 Å². The summed E-state index contributed by atoms with van der Waals surface area (Å²) in [4.78, 5) is 25.8. The van der Waals surface area contributed by atoms with Gasteiger partial charge in [-0.3, -0.25) is 4.79 Å². The number of hydrogen-bond donors (Lipinski definition) is 0. The average Bonchev–Trinajstić information content (AvgIpc) is 2.97. The van der Waals surface area contributed by atoms with E-state index in [1.54, 1.807) is 0 Å². The lowest BCUT2D eigenvalue weighted by molar-refractivity contribution is -0.116. The lowest BCUT2D eigenvalue weighted by Gasteiger charge is -2.17. The molecule has 0 radical (unpaired) electrons. The number of benzene rings is 1. The first-order chi connectivity index (χ1) is 14.3. The molecule has 1 aliphatic rings. The Balaban J connectivity index is 1.81. The van der Waals surface area contributed by atoms with Crippen molar-refractivity contribution >= 4 is 50.9 Å². The minimum atomic E-state index is -3.86. The van der Waals surface area contributed by atoms with Crippen molar-refractivity contribution < 1.29 is 18.0 Å². The zero-order chi connectivity index (χ0) is 22.1. The fourth-order valence-electron chi connectivity index (χ4n) is 3.50. The number of urea groups is 1. The maximum atomic E-state index is 12.6. The number of nitrogens with zero attached hydrogens (tertiary/aromatic N) is 2. The van der Waals surface area contributed by atoms with Gasteiger partial charge in [0.25, 0.3) is 5.91 Å². The van der Waals surface area contributed by atoms with Crippen LogP contribution in [-0.2, 0) is 14.8 Å². The van der Waals surface area contributed by atoms with E-state index in [9.17, 15) is 18.0 Å². The number of sulfonamides is 1. The molecule has 6 nitrogen and oxygen atoms in total. The molecule has 2 rings (SSSR count). The Morgan fingerprint density at radius 2 is 1.33 bits per heavy atom. The van der Waals surface area contributed by atoms with Crippen LogP contribution in [0.4, 0.5) is 10.5 Å².